The number of rotatable bonds is 6. The van der Waals surface area contributed by atoms with Gasteiger partial charge in [-0.3, -0.25) is 0 Å². The van der Waals surface area contributed by atoms with Gasteiger partial charge in [-0.25, -0.2) is 9.69 Å². The lowest BCUT2D eigenvalue weighted by atomic mass is 10.2. The van der Waals surface area contributed by atoms with Gasteiger partial charge in [0, 0.05) is 19.7 Å². The second-order valence-corrected chi connectivity index (χ2v) is 3.53. The van der Waals surface area contributed by atoms with E-state index in [1.54, 1.807) is 6.92 Å². The van der Waals surface area contributed by atoms with E-state index in [2.05, 4.69) is 0 Å². The molecule has 1 aromatic heterocycles. The quantitative estimate of drug-likeness (QED) is 0.708. The highest BCUT2D eigenvalue weighted by molar-refractivity contribution is 5.07. The van der Waals surface area contributed by atoms with Crippen molar-refractivity contribution < 1.29 is 18.7 Å². The molecule has 6 nitrogen and oxygen atoms in total. The Kier molecular flexibility index (Phi) is 4.50. The fourth-order valence-electron chi connectivity index (χ4n) is 1.77. The molecule has 0 aliphatic rings. The standard InChI is InChI=1S/C11H18NO5/c1-5-12(6-2)11(14,15-7-3)9-8(4)16-10(13)17-9/h5-7H2,1-4H3. The Morgan fingerprint density at radius 1 is 1.24 bits per heavy atom. The Balaban J connectivity index is 3.23. The molecule has 0 aliphatic carbocycles. The second-order valence-electron chi connectivity index (χ2n) is 3.53. The van der Waals surface area contributed by atoms with Gasteiger partial charge in [0.05, 0.1) is 0 Å². The maximum absolute atomic E-state index is 12.7. The Labute approximate surface area is 99.8 Å². The van der Waals surface area contributed by atoms with E-state index in [1.165, 1.54) is 11.8 Å². The molecule has 0 fully saturated rings. The summed E-state index contributed by atoms with van der Waals surface area (Å²) in [6, 6.07) is 0. The summed E-state index contributed by atoms with van der Waals surface area (Å²) in [6.07, 6.45) is 0. The first-order valence-electron chi connectivity index (χ1n) is 5.69. The zero-order valence-electron chi connectivity index (χ0n) is 10.6. The van der Waals surface area contributed by atoms with Crippen LogP contribution in [0.5, 0.6) is 0 Å². The lowest BCUT2D eigenvalue weighted by Gasteiger charge is -2.33. The summed E-state index contributed by atoms with van der Waals surface area (Å²) in [5.74, 6) is -2.84. The van der Waals surface area contributed by atoms with Gasteiger partial charge in [-0.1, -0.05) is 13.8 Å². The van der Waals surface area contributed by atoms with Crippen LogP contribution in [0.2, 0.25) is 0 Å². The molecule has 1 rings (SSSR count). The molecule has 0 amide bonds. The average Bonchev–Trinajstić information content (AvgIpc) is 2.60. The zero-order chi connectivity index (χ0) is 13.1. The van der Waals surface area contributed by atoms with Crippen LogP contribution >= 0.6 is 0 Å². The van der Waals surface area contributed by atoms with Crippen molar-refractivity contribution in [2.45, 2.75) is 33.6 Å². The molecule has 0 spiro atoms. The molecule has 97 valence electrons. The third kappa shape index (κ3) is 2.59. The lowest BCUT2D eigenvalue weighted by Crippen LogP contribution is -2.47. The number of hydrogen-bond acceptors (Lipinski definition) is 5. The summed E-state index contributed by atoms with van der Waals surface area (Å²) in [6.45, 7) is 8.07. The van der Waals surface area contributed by atoms with Crippen LogP contribution in [0.4, 0.5) is 0 Å². The normalized spacial score (nSPS) is 15.2. The molecule has 0 aromatic carbocycles. The highest BCUT2D eigenvalue weighted by Crippen LogP contribution is 2.29. The largest absolute Gasteiger partial charge is 0.519 e. The van der Waals surface area contributed by atoms with E-state index in [4.69, 9.17) is 13.6 Å². The van der Waals surface area contributed by atoms with Gasteiger partial charge in [-0.2, -0.15) is 5.11 Å². The van der Waals surface area contributed by atoms with E-state index in [9.17, 15) is 9.90 Å². The predicted octanol–water partition coefficient (Wildman–Crippen LogP) is 1.46. The van der Waals surface area contributed by atoms with E-state index in [0.717, 1.165) is 0 Å². The Morgan fingerprint density at radius 2 is 1.82 bits per heavy atom. The number of aryl methyl sites for hydroxylation is 1. The van der Waals surface area contributed by atoms with Gasteiger partial charge >= 0.3 is 11.7 Å². The van der Waals surface area contributed by atoms with Crippen LogP contribution in [-0.4, -0.2) is 24.6 Å². The van der Waals surface area contributed by atoms with Crippen LogP contribution in [0, 0.1) is 6.92 Å². The molecular weight excluding hydrogens is 226 g/mol. The Hall–Kier alpha value is -1.11. The van der Waals surface area contributed by atoms with Crippen molar-refractivity contribution in [2.75, 3.05) is 19.7 Å². The van der Waals surface area contributed by atoms with Crippen LogP contribution < -0.4 is 5.82 Å². The van der Waals surface area contributed by atoms with E-state index in [1.807, 2.05) is 13.8 Å². The molecule has 17 heavy (non-hydrogen) atoms. The SMILES string of the molecule is CCOC([O])(c1oc(=O)oc1C)N(CC)CC. The molecular formula is C11H18NO5. The first-order chi connectivity index (χ1) is 7.99. The van der Waals surface area contributed by atoms with Crippen LogP contribution in [0.25, 0.3) is 0 Å². The van der Waals surface area contributed by atoms with Crippen LogP contribution in [0.3, 0.4) is 0 Å². The zero-order valence-corrected chi connectivity index (χ0v) is 10.6. The summed E-state index contributed by atoms with van der Waals surface area (Å²) in [4.78, 5) is 12.5. The molecule has 0 aliphatic heterocycles. The fourth-order valence-corrected chi connectivity index (χ4v) is 1.77. The monoisotopic (exact) mass is 244 g/mol. The third-order valence-electron chi connectivity index (χ3n) is 2.55. The van der Waals surface area contributed by atoms with Crippen molar-refractivity contribution in [2.24, 2.45) is 0 Å². The maximum Gasteiger partial charge on any atom is 0.519 e. The average molecular weight is 244 g/mol. The third-order valence-corrected chi connectivity index (χ3v) is 2.55. The highest BCUT2D eigenvalue weighted by atomic mass is 16.7. The molecule has 6 heteroatoms. The van der Waals surface area contributed by atoms with Crippen LogP contribution in [0.15, 0.2) is 13.6 Å². The molecule has 1 aromatic rings. The molecule has 0 saturated carbocycles. The van der Waals surface area contributed by atoms with Crippen LogP contribution in [-0.2, 0) is 15.8 Å². The Bertz CT molecular complexity index is 406. The maximum atomic E-state index is 12.7. The molecule has 0 bridgehead atoms. The van der Waals surface area contributed by atoms with Gasteiger partial charge in [0.1, 0.15) is 0 Å². The van der Waals surface area contributed by atoms with Gasteiger partial charge in [-0.15, -0.1) is 0 Å². The van der Waals surface area contributed by atoms with Crippen molar-refractivity contribution in [1.29, 1.82) is 0 Å². The molecule has 1 radical (unpaired) electrons. The van der Waals surface area contributed by atoms with Gasteiger partial charge < -0.3 is 13.6 Å². The fraction of sp³-hybridized carbons (Fsp3) is 0.727. The molecule has 1 heterocycles. The second kappa shape index (κ2) is 5.48. The topological polar surface area (TPSA) is 75.7 Å². The van der Waals surface area contributed by atoms with Crippen molar-refractivity contribution in [3.8, 4) is 0 Å². The first kappa shape index (κ1) is 14.0. The Morgan fingerprint density at radius 3 is 2.18 bits per heavy atom. The van der Waals surface area contributed by atoms with E-state index in [0.29, 0.717) is 13.1 Å². The van der Waals surface area contributed by atoms with Gasteiger partial charge in [0.25, 0.3) is 0 Å². The lowest BCUT2D eigenvalue weighted by molar-refractivity contribution is -0.342. The summed E-state index contributed by atoms with van der Waals surface area (Å²) < 4.78 is 14.8. The van der Waals surface area contributed by atoms with Crippen LogP contribution in [0.1, 0.15) is 32.3 Å². The minimum atomic E-state index is -2.01. The van der Waals surface area contributed by atoms with E-state index >= 15 is 0 Å². The minimum absolute atomic E-state index is 0.104. The number of ether oxygens (including phenoxy) is 1. The summed E-state index contributed by atoms with van der Waals surface area (Å²) in [7, 11) is 0. The minimum Gasteiger partial charge on any atom is -0.396 e. The van der Waals surface area contributed by atoms with Crippen molar-refractivity contribution in [3.63, 3.8) is 0 Å². The van der Waals surface area contributed by atoms with Crippen molar-refractivity contribution in [3.05, 3.63) is 22.1 Å². The summed E-state index contributed by atoms with van der Waals surface area (Å²) in [5.41, 5.74) is 0. The molecule has 1 atom stereocenters. The van der Waals surface area contributed by atoms with Gasteiger partial charge in [-0.05, 0) is 13.8 Å². The van der Waals surface area contributed by atoms with Gasteiger partial charge in [0.2, 0.25) is 5.76 Å². The summed E-state index contributed by atoms with van der Waals surface area (Å²) in [5, 5.41) is 12.7. The smallest absolute Gasteiger partial charge is 0.396 e. The first-order valence-corrected chi connectivity index (χ1v) is 5.69. The van der Waals surface area contributed by atoms with E-state index < -0.39 is 11.7 Å². The molecule has 0 N–H and O–H groups in total. The van der Waals surface area contributed by atoms with E-state index in [-0.39, 0.29) is 18.1 Å². The number of hydrogen-bond donors (Lipinski definition) is 0. The van der Waals surface area contributed by atoms with Crippen molar-refractivity contribution in [1.82, 2.24) is 4.90 Å². The highest BCUT2D eigenvalue weighted by Gasteiger charge is 2.44. The summed E-state index contributed by atoms with van der Waals surface area (Å²) >= 11 is 0. The molecule has 1 unspecified atom stereocenters. The van der Waals surface area contributed by atoms with Crippen molar-refractivity contribution >= 4 is 0 Å². The molecule has 0 saturated heterocycles. The predicted molar refractivity (Wildman–Crippen MR) is 58.9 cm³/mol. The number of nitrogens with zero attached hydrogens (tertiary/aromatic N) is 1. The van der Waals surface area contributed by atoms with Gasteiger partial charge in [0.15, 0.2) is 5.76 Å².